The summed E-state index contributed by atoms with van der Waals surface area (Å²) in [6.45, 7) is 5.85. The van der Waals surface area contributed by atoms with Crippen molar-refractivity contribution in [3.63, 3.8) is 0 Å². The van der Waals surface area contributed by atoms with Crippen LogP contribution in [0, 0.1) is 5.92 Å². The van der Waals surface area contributed by atoms with Gasteiger partial charge in [-0.3, -0.25) is 9.69 Å². The summed E-state index contributed by atoms with van der Waals surface area (Å²) in [6.07, 6.45) is 7.01. The van der Waals surface area contributed by atoms with Gasteiger partial charge in [0, 0.05) is 18.6 Å². The standard InChI is InChI=1S/C20H29ClN2O3/c1-2-5-15-6-3-8-23(9-7-15)14-20(24)22-17-13-19-18(12-16(17)21)25-10-4-11-26-19/h12-13,15H,2-11,14H2,1H3,(H,22,24). The third-order valence-electron chi connectivity index (χ3n) is 5.12. The number of likely N-dealkylation sites (tertiary alicyclic amines) is 1. The number of rotatable bonds is 5. The predicted molar refractivity (Wildman–Crippen MR) is 104 cm³/mol. The summed E-state index contributed by atoms with van der Waals surface area (Å²) in [5.41, 5.74) is 0.583. The van der Waals surface area contributed by atoms with Crippen LogP contribution >= 0.6 is 11.6 Å². The smallest absolute Gasteiger partial charge is 0.238 e. The van der Waals surface area contributed by atoms with E-state index in [9.17, 15) is 4.79 Å². The lowest BCUT2D eigenvalue weighted by molar-refractivity contribution is -0.117. The van der Waals surface area contributed by atoms with Crippen molar-refractivity contribution in [1.82, 2.24) is 4.90 Å². The molecule has 1 saturated heterocycles. The Bertz CT molecular complexity index is 623. The van der Waals surface area contributed by atoms with Crippen molar-refractivity contribution in [3.8, 4) is 11.5 Å². The van der Waals surface area contributed by atoms with Crippen molar-refractivity contribution >= 4 is 23.2 Å². The van der Waals surface area contributed by atoms with E-state index in [0.29, 0.717) is 42.0 Å². The second-order valence-electron chi connectivity index (χ2n) is 7.24. The van der Waals surface area contributed by atoms with Gasteiger partial charge in [0.2, 0.25) is 5.91 Å². The average molecular weight is 381 g/mol. The van der Waals surface area contributed by atoms with Gasteiger partial charge < -0.3 is 14.8 Å². The van der Waals surface area contributed by atoms with E-state index in [2.05, 4.69) is 17.1 Å². The zero-order chi connectivity index (χ0) is 18.4. The highest BCUT2D eigenvalue weighted by molar-refractivity contribution is 6.34. The SMILES string of the molecule is CCCC1CCCN(CC(=O)Nc2cc3c(cc2Cl)OCCCO3)CC1. The molecule has 5 nitrogen and oxygen atoms in total. The molecule has 0 saturated carbocycles. The number of carbonyl (C=O) groups is 1. The second kappa shape index (κ2) is 9.47. The van der Waals surface area contributed by atoms with E-state index in [0.717, 1.165) is 25.4 Å². The lowest BCUT2D eigenvalue weighted by Gasteiger charge is -2.20. The van der Waals surface area contributed by atoms with Crippen LogP contribution in [-0.2, 0) is 4.79 Å². The summed E-state index contributed by atoms with van der Waals surface area (Å²) in [6, 6.07) is 3.49. The summed E-state index contributed by atoms with van der Waals surface area (Å²) in [5, 5.41) is 3.41. The van der Waals surface area contributed by atoms with E-state index >= 15 is 0 Å². The summed E-state index contributed by atoms with van der Waals surface area (Å²) < 4.78 is 11.3. The fourth-order valence-electron chi connectivity index (χ4n) is 3.75. The molecule has 1 unspecified atom stereocenters. The van der Waals surface area contributed by atoms with Gasteiger partial charge in [0.15, 0.2) is 11.5 Å². The van der Waals surface area contributed by atoms with Crippen molar-refractivity contribution in [2.75, 3.05) is 38.2 Å². The highest BCUT2D eigenvalue weighted by Gasteiger charge is 2.20. The van der Waals surface area contributed by atoms with Crippen LogP contribution in [0.4, 0.5) is 5.69 Å². The molecule has 1 aromatic carbocycles. The second-order valence-corrected chi connectivity index (χ2v) is 7.65. The first-order valence-electron chi connectivity index (χ1n) is 9.77. The van der Waals surface area contributed by atoms with Crippen molar-refractivity contribution in [2.24, 2.45) is 5.92 Å². The minimum Gasteiger partial charge on any atom is -0.490 e. The molecule has 0 bridgehead atoms. The van der Waals surface area contributed by atoms with E-state index in [-0.39, 0.29) is 5.91 Å². The molecule has 3 rings (SSSR count). The molecule has 26 heavy (non-hydrogen) atoms. The third kappa shape index (κ3) is 5.27. The molecule has 1 aromatic rings. The third-order valence-corrected chi connectivity index (χ3v) is 5.43. The topological polar surface area (TPSA) is 50.8 Å². The fraction of sp³-hybridized carbons (Fsp3) is 0.650. The Labute approximate surface area is 161 Å². The van der Waals surface area contributed by atoms with Crippen LogP contribution in [0.2, 0.25) is 5.02 Å². The van der Waals surface area contributed by atoms with Crippen LogP contribution in [0.1, 0.15) is 45.4 Å². The molecule has 2 aliphatic heterocycles. The van der Waals surface area contributed by atoms with Crippen LogP contribution in [-0.4, -0.2) is 43.7 Å². The molecular formula is C20H29ClN2O3. The molecule has 1 atom stereocenters. The molecule has 0 radical (unpaired) electrons. The number of anilines is 1. The van der Waals surface area contributed by atoms with Gasteiger partial charge >= 0.3 is 0 Å². The van der Waals surface area contributed by atoms with Crippen molar-refractivity contribution < 1.29 is 14.3 Å². The molecule has 2 heterocycles. The van der Waals surface area contributed by atoms with Crippen molar-refractivity contribution in [1.29, 1.82) is 0 Å². The Morgan fingerprint density at radius 3 is 2.73 bits per heavy atom. The first kappa shape index (κ1) is 19.3. The van der Waals surface area contributed by atoms with Gasteiger partial charge in [-0.2, -0.15) is 0 Å². The number of ether oxygens (including phenoxy) is 2. The molecule has 0 aromatic heterocycles. The van der Waals surface area contributed by atoms with Gasteiger partial charge in [0.1, 0.15) is 0 Å². The van der Waals surface area contributed by atoms with Gasteiger partial charge in [0.05, 0.1) is 30.5 Å². The van der Waals surface area contributed by atoms with Crippen LogP contribution < -0.4 is 14.8 Å². The van der Waals surface area contributed by atoms with E-state index in [1.807, 2.05) is 0 Å². The summed E-state index contributed by atoms with van der Waals surface area (Å²) in [4.78, 5) is 14.8. The van der Waals surface area contributed by atoms with Crippen LogP contribution in [0.15, 0.2) is 12.1 Å². The zero-order valence-corrected chi connectivity index (χ0v) is 16.3. The van der Waals surface area contributed by atoms with Gasteiger partial charge in [-0.25, -0.2) is 0 Å². The first-order chi connectivity index (χ1) is 12.7. The molecule has 0 aliphatic carbocycles. The number of benzene rings is 1. The van der Waals surface area contributed by atoms with Crippen molar-refractivity contribution in [3.05, 3.63) is 17.2 Å². The maximum absolute atomic E-state index is 12.5. The summed E-state index contributed by atoms with van der Waals surface area (Å²) in [5.74, 6) is 2.05. The number of nitrogens with zero attached hydrogens (tertiary/aromatic N) is 1. The van der Waals surface area contributed by atoms with E-state index < -0.39 is 0 Å². The van der Waals surface area contributed by atoms with Gasteiger partial charge in [-0.05, 0) is 38.3 Å². The maximum atomic E-state index is 12.5. The lowest BCUT2D eigenvalue weighted by atomic mass is 9.96. The number of hydrogen-bond acceptors (Lipinski definition) is 4. The molecule has 1 N–H and O–H groups in total. The van der Waals surface area contributed by atoms with E-state index in [1.54, 1.807) is 12.1 Å². The number of amides is 1. The van der Waals surface area contributed by atoms with Gasteiger partial charge in [0.25, 0.3) is 0 Å². The summed E-state index contributed by atoms with van der Waals surface area (Å²) >= 11 is 6.32. The van der Waals surface area contributed by atoms with Gasteiger partial charge in [-0.15, -0.1) is 0 Å². The van der Waals surface area contributed by atoms with E-state index in [4.69, 9.17) is 21.1 Å². The Hall–Kier alpha value is -1.46. The molecular weight excluding hydrogens is 352 g/mol. The molecule has 1 amide bonds. The molecule has 0 spiro atoms. The normalized spacial score (nSPS) is 20.9. The number of fused-ring (bicyclic) bond motifs is 1. The van der Waals surface area contributed by atoms with E-state index in [1.165, 1.54) is 32.1 Å². The largest absolute Gasteiger partial charge is 0.490 e. The Balaban J connectivity index is 1.57. The molecule has 144 valence electrons. The number of halogens is 1. The number of nitrogens with one attached hydrogen (secondary N) is 1. The monoisotopic (exact) mass is 380 g/mol. The predicted octanol–water partition coefficient (Wildman–Crippen LogP) is 4.34. The van der Waals surface area contributed by atoms with Gasteiger partial charge in [-0.1, -0.05) is 31.4 Å². The first-order valence-corrected chi connectivity index (χ1v) is 10.1. The van der Waals surface area contributed by atoms with Crippen molar-refractivity contribution in [2.45, 2.75) is 45.4 Å². The quantitative estimate of drug-likeness (QED) is 0.825. The minimum absolute atomic E-state index is 0.0321. The highest BCUT2D eigenvalue weighted by atomic mass is 35.5. The maximum Gasteiger partial charge on any atom is 0.238 e. The van der Waals surface area contributed by atoms with Crippen LogP contribution in [0.5, 0.6) is 11.5 Å². The lowest BCUT2D eigenvalue weighted by Crippen LogP contribution is -2.34. The molecule has 1 fully saturated rings. The fourth-order valence-corrected chi connectivity index (χ4v) is 3.95. The van der Waals surface area contributed by atoms with Crippen LogP contribution in [0.25, 0.3) is 0 Å². The Morgan fingerprint density at radius 2 is 1.96 bits per heavy atom. The Kier molecular flexibility index (Phi) is 7.03. The number of hydrogen-bond donors (Lipinski definition) is 1. The number of carbonyl (C=O) groups excluding carboxylic acids is 1. The molecule has 6 heteroatoms. The highest BCUT2D eigenvalue weighted by Crippen LogP contribution is 2.37. The zero-order valence-electron chi connectivity index (χ0n) is 15.6. The minimum atomic E-state index is -0.0321. The molecule has 2 aliphatic rings. The summed E-state index contributed by atoms with van der Waals surface area (Å²) in [7, 11) is 0. The van der Waals surface area contributed by atoms with Crippen LogP contribution in [0.3, 0.4) is 0 Å². The average Bonchev–Trinajstić information content (AvgIpc) is 2.96. The Morgan fingerprint density at radius 1 is 1.19 bits per heavy atom.